The lowest BCUT2D eigenvalue weighted by Crippen LogP contribution is -2.17. The average molecular weight is 383 g/mol. The van der Waals surface area contributed by atoms with Crippen LogP contribution in [-0.4, -0.2) is 35.0 Å². The second-order valence-corrected chi connectivity index (χ2v) is 7.98. The van der Waals surface area contributed by atoms with Crippen molar-refractivity contribution < 1.29 is 4.79 Å². The maximum Gasteiger partial charge on any atom is 0.259 e. The second kappa shape index (κ2) is 7.11. The van der Waals surface area contributed by atoms with E-state index in [9.17, 15) is 9.59 Å². The van der Waals surface area contributed by atoms with Crippen molar-refractivity contribution in [2.45, 2.75) is 32.1 Å². The first kappa shape index (κ1) is 17.7. The fraction of sp³-hybridized carbons (Fsp3) is 0.368. The SMILES string of the molecule is CN(C)c1ccnc(NC(=O)CCc2nc3sc4c(c3c(=O)[nH]2)CCC4)c1. The Morgan fingerprint density at radius 2 is 2.22 bits per heavy atom. The molecule has 3 aromatic rings. The standard InChI is InChI=1S/C19H21N5O2S/c1-24(2)11-8-9-20-15(10-11)21-16(25)7-6-14-22-18(26)17-12-4-3-5-13(12)27-19(17)23-14/h8-10H,3-7H2,1-2H3,(H,20,21,25)(H,22,23,26). The Balaban J connectivity index is 1.45. The molecule has 0 spiro atoms. The summed E-state index contributed by atoms with van der Waals surface area (Å²) < 4.78 is 0. The first-order valence-corrected chi connectivity index (χ1v) is 9.79. The van der Waals surface area contributed by atoms with Crippen molar-refractivity contribution in [2.75, 3.05) is 24.3 Å². The number of carbonyl (C=O) groups excluding carboxylic acids is 1. The van der Waals surface area contributed by atoms with E-state index in [4.69, 9.17) is 0 Å². The predicted molar refractivity (Wildman–Crippen MR) is 108 cm³/mol. The predicted octanol–water partition coefficient (Wildman–Crippen LogP) is 2.51. The van der Waals surface area contributed by atoms with Gasteiger partial charge in [-0.25, -0.2) is 9.97 Å². The number of aromatic amines is 1. The Labute approximate surface area is 160 Å². The number of hydrogen-bond donors (Lipinski definition) is 2. The maximum absolute atomic E-state index is 12.5. The highest BCUT2D eigenvalue weighted by Crippen LogP contribution is 2.34. The number of amides is 1. The number of carbonyl (C=O) groups is 1. The number of nitrogens with zero attached hydrogens (tertiary/aromatic N) is 3. The molecular formula is C19H21N5O2S. The molecule has 0 radical (unpaired) electrons. The molecule has 1 aliphatic carbocycles. The van der Waals surface area contributed by atoms with Crippen molar-refractivity contribution in [1.82, 2.24) is 15.0 Å². The molecule has 0 atom stereocenters. The van der Waals surface area contributed by atoms with Crippen molar-refractivity contribution in [3.63, 3.8) is 0 Å². The Bertz CT molecular complexity index is 1070. The van der Waals surface area contributed by atoms with Gasteiger partial charge in [-0.2, -0.15) is 0 Å². The summed E-state index contributed by atoms with van der Waals surface area (Å²) in [4.78, 5) is 40.3. The Hall–Kier alpha value is -2.74. The summed E-state index contributed by atoms with van der Waals surface area (Å²) >= 11 is 1.61. The molecule has 3 heterocycles. The maximum atomic E-state index is 12.5. The van der Waals surface area contributed by atoms with Crippen molar-refractivity contribution in [3.8, 4) is 0 Å². The zero-order valence-corrected chi connectivity index (χ0v) is 16.2. The fourth-order valence-electron chi connectivity index (χ4n) is 3.37. The van der Waals surface area contributed by atoms with Gasteiger partial charge in [-0.1, -0.05) is 0 Å². The van der Waals surface area contributed by atoms with E-state index in [-0.39, 0.29) is 17.9 Å². The third-order valence-electron chi connectivity index (χ3n) is 4.74. The summed E-state index contributed by atoms with van der Waals surface area (Å²) in [5.74, 6) is 0.908. The minimum atomic E-state index is -0.158. The molecule has 7 nitrogen and oxygen atoms in total. The molecule has 140 valence electrons. The lowest BCUT2D eigenvalue weighted by molar-refractivity contribution is -0.116. The van der Waals surface area contributed by atoms with Crippen LogP contribution in [0, 0.1) is 0 Å². The van der Waals surface area contributed by atoms with E-state index in [1.165, 1.54) is 10.4 Å². The monoisotopic (exact) mass is 383 g/mol. The molecule has 4 rings (SSSR count). The molecule has 0 saturated carbocycles. The number of aryl methyl sites for hydroxylation is 3. The van der Waals surface area contributed by atoms with E-state index in [2.05, 4.69) is 20.3 Å². The first-order chi connectivity index (χ1) is 13.0. The van der Waals surface area contributed by atoms with Crippen LogP contribution in [0.25, 0.3) is 10.2 Å². The molecule has 0 bridgehead atoms. The second-order valence-electron chi connectivity index (χ2n) is 6.89. The third-order valence-corrected chi connectivity index (χ3v) is 5.93. The van der Waals surface area contributed by atoms with Gasteiger partial charge in [-0.15, -0.1) is 11.3 Å². The van der Waals surface area contributed by atoms with Gasteiger partial charge in [-0.3, -0.25) is 9.59 Å². The van der Waals surface area contributed by atoms with Crippen LogP contribution >= 0.6 is 11.3 Å². The highest BCUT2D eigenvalue weighted by molar-refractivity contribution is 7.18. The quantitative estimate of drug-likeness (QED) is 0.706. The topological polar surface area (TPSA) is 91.0 Å². The summed E-state index contributed by atoms with van der Waals surface area (Å²) in [7, 11) is 3.86. The fourth-order valence-corrected chi connectivity index (χ4v) is 4.65. The summed E-state index contributed by atoms with van der Waals surface area (Å²) in [6.07, 6.45) is 5.38. The van der Waals surface area contributed by atoms with Crippen LogP contribution in [0.1, 0.15) is 29.1 Å². The minimum Gasteiger partial charge on any atom is -0.378 e. The van der Waals surface area contributed by atoms with Crippen LogP contribution in [0.3, 0.4) is 0 Å². The van der Waals surface area contributed by atoms with E-state index in [1.807, 2.05) is 31.1 Å². The minimum absolute atomic E-state index is 0.0878. The van der Waals surface area contributed by atoms with E-state index in [0.717, 1.165) is 35.2 Å². The number of thiophene rings is 1. The Kier molecular flexibility index (Phi) is 4.65. The number of nitrogens with one attached hydrogen (secondary N) is 2. The zero-order chi connectivity index (χ0) is 19.0. The summed E-state index contributed by atoms with van der Waals surface area (Å²) in [6.45, 7) is 0. The van der Waals surface area contributed by atoms with Gasteiger partial charge in [0.1, 0.15) is 16.5 Å². The lowest BCUT2D eigenvalue weighted by atomic mass is 10.2. The first-order valence-electron chi connectivity index (χ1n) is 8.98. The molecule has 0 aliphatic heterocycles. The van der Waals surface area contributed by atoms with E-state index in [0.29, 0.717) is 18.1 Å². The Morgan fingerprint density at radius 3 is 3.04 bits per heavy atom. The smallest absolute Gasteiger partial charge is 0.259 e. The molecule has 1 amide bonds. The molecular weight excluding hydrogens is 362 g/mol. The number of aromatic nitrogens is 3. The number of fused-ring (bicyclic) bond motifs is 3. The molecule has 1 aliphatic rings. The van der Waals surface area contributed by atoms with Crippen LogP contribution in [0.2, 0.25) is 0 Å². The molecule has 3 aromatic heterocycles. The number of H-pyrrole nitrogens is 1. The van der Waals surface area contributed by atoms with Crippen LogP contribution in [0.15, 0.2) is 23.1 Å². The lowest BCUT2D eigenvalue weighted by Gasteiger charge is -2.13. The van der Waals surface area contributed by atoms with E-state index < -0.39 is 0 Å². The molecule has 0 fully saturated rings. The largest absolute Gasteiger partial charge is 0.378 e. The van der Waals surface area contributed by atoms with E-state index in [1.54, 1.807) is 17.5 Å². The summed E-state index contributed by atoms with van der Waals surface area (Å²) in [5.41, 5.74) is 2.04. The van der Waals surface area contributed by atoms with Gasteiger partial charge >= 0.3 is 0 Å². The molecule has 0 saturated heterocycles. The van der Waals surface area contributed by atoms with Crippen molar-refractivity contribution in [1.29, 1.82) is 0 Å². The molecule has 27 heavy (non-hydrogen) atoms. The number of rotatable bonds is 5. The van der Waals surface area contributed by atoms with Crippen LogP contribution in [0.5, 0.6) is 0 Å². The number of pyridine rings is 1. The highest BCUT2D eigenvalue weighted by atomic mass is 32.1. The van der Waals surface area contributed by atoms with Gasteiger partial charge < -0.3 is 15.2 Å². The number of hydrogen-bond acceptors (Lipinski definition) is 6. The van der Waals surface area contributed by atoms with Gasteiger partial charge in [0, 0.05) is 49.8 Å². The van der Waals surface area contributed by atoms with Gasteiger partial charge in [0.2, 0.25) is 5.91 Å². The molecule has 0 unspecified atom stereocenters. The normalized spacial score (nSPS) is 13.0. The Morgan fingerprint density at radius 1 is 1.37 bits per heavy atom. The summed E-state index contributed by atoms with van der Waals surface area (Å²) in [5, 5.41) is 3.54. The van der Waals surface area contributed by atoms with Gasteiger partial charge in [0.15, 0.2) is 0 Å². The third kappa shape index (κ3) is 3.57. The average Bonchev–Trinajstić information content (AvgIpc) is 3.20. The van der Waals surface area contributed by atoms with Gasteiger partial charge in [-0.05, 0) is 30.9 Å². The van der Waals surface area contributed by atoms with Crippen LogP contribution in [0.4, 0.5) is 11.5 Å². The van der Waals surface area contributed by atoms with Crippen LogP contribution in [-0.2, 0) is 24.1 Å². The van der Waals surface area contributed by atoms with Crippen molar-refractivity contribution in [3.05, 3.63) is 44.9 Å². The molecule has 0 aromatic carbocycles. The van der Waals surface area contributed by atoms with Crippen molar-refractivity contribution >= 4 is 39.0 Å². The summed E-state index contributed by atoms with van der Waals surface area (Å²) in [6, 6.07) is 3.69. The molecule has 2 N–H and O–H groups in total. The van der Waals surface area contributed by atoms with E-state index >= 15 is 0 Å². The van der Waals surface area contributed by atoms with Crippen LogP contribution < -0.4 is 15.8 Å². The zero-order valence-electron chi connectivity index (χ0n) is 15.3. The van der Waals surface area contributed by atoms with Gasteiger partial charge in [0.25, 0.3) is 5.56 Å². The highest BCUT2D eigenvalue weighted by Gasteiger charge is 2.21. The number of anilines is 2. The molecule has 8 heteroatoms. The van der Waals surface area contributed by atoms with Crippen molar-refractivity contribution in [2.24, 2.45) is 0 Å². The van der Waals surface area contributed by atoms with Gasteiger partial charge in [0.05, 0.1) is 5.39 Å².